The number of rotatable bonds is 5. The fourth-order valence-electron chi connectivity index (χ4n) is 3.71. The summed E-state index contributed by atoms with van der Waals surface area (Å²) in [4.78, 5) is 25.3. The number of esters is 1. The molecule has 0 bridgehead atoms. The van der Waals surface area contributed by atoms with Crippen molar-refractivity contribution in [2.24, 2.45) is 5.92 Å². The molecule has 0 fully saturated rings. The Kier molecular flexibility index (Phi) is 5.06. The summed E-state index contributed by atoms with van der Waals surface area (Å²) in [5.41, 5.74) is 1.41. The van der Waals surface area contributed by atoms with E-state index >= 15 is 0 Å². The summed E-state index contributed by atoms with van der Waals surface area (Å²) in [6.07, 6.45) is 1.44. The molecule has 0 N–H and O–H groups in total. The summed E-state index contributed by atoms with van der Waals surface area (Å²) >= 11 is 0. The van der Waals surface area contributed by atoms with E-state index in [1.165, 1.54) is 21.3 Å². The van der Waals surface area contributed by atoms with Crippen LogP contribution in [0.3, 0.4) is 0 Å². The zero-order valence-corrected chi connectivity index (χ0v) is 15.3. The fourth-order valence-corrected chi connectivity index (χ4v) is 3.71. The van der Waals surface area contributed by atoms with Gasteiger partial charge in [0, 0.05) is 23.6 Å². The molecule has 1 aliphatic heterocycles. The average Bonchev–Trinajstić information content (AvgIpc) is 2.98. The van der Waals surface area contributed by atoms with Crippen molar-refractivity contribution in [1.82, 2.24) is 0 Å². The number of benzene rings is 1. The first kappa shape index (κ1) is 18.1. The molecule has 0 aromatic heterocycles. The monoisotopic (exact) mass is 362 g/mol. The third-order valence-corrected chi connectivity index (χ3v) is 4.86. The molecule has 1 heterocycles. The lowest BCUT2D eigenvalue weighted by molar-refractivity contribution is -0.149. The van der Waals surface area contributed by atoms with Gasteiger partial charge in [-0.05, 0) is 18.4 Å². The van der Waals surface area contributed by atoms with Gasteiger partial charge in [0.25, 0.3) is 0 Å². The molecule has 3 rings (SSSR count). The smallest absolute Gasteiger partial charge is 0.317 e. The minimum absolute atomic E-state index is 0.275. The number of methoxy groups -OCH3 is 4. The van der Waals surface area contributed by atoms with E-state index in [9.17, 15) is 9.59 Å². The predicted molar refractivity (Wildman–Crippen MR) is 91.6 cm³/mol. The van der Waals surface area contributed by atoms with Crippen LogP contribution in [0.5, 0.6) is 17.2 Å². The molecule has 0 spiro atoms. The molecule has 0 saturated heterocycles. The quantitative estimate of drug-likeness (QED) is 0.587. The van der Waals surface area contributed by atoms with Crippen LogP contribution < -0.4 is 14.2 Å². The van der Waals surface area contributed by atoms with Crippen molar-refractivity contribution in [3.05, 3.63) is 29.0 Å². The molecule has 2 atom stereocenters. The molecule has 0 saturated carbocycles. The fraction of sp³-hybridized carbons (Fsp3) is 0.474. The molecular weight excluding hydrogens is 340 g/mol. The van der Waals surface area contributed by atoms with Crippen molar-refractivity contribution in [2.75, 3.05) is 35.0 Å². The highest BCUT2D eigenvalue weighted by atomic mass is 16.5. The molecule has 7 heteroatoms. The van der Waals surface area contributed by atoms with Crippen molar-refractivity contribution >= 4 is 11.8 Å². The van der Waals surface area contributed by atoms with Gasteiger partial charge < -0.3 is 23.7 Å². The average molecular weight is 362 g/mol. The molecule has 0 radical (unpaired) electrons. The zero-order valence-electron chi connectivity index (χ0n) is 15.3. The van der Waals surface area contributed by atoms with E-state index in [1.54, 1.807) is 19.2 Å². The highest BCUT2D eigenvalue weighted by molar-refractivity contribution is 6.11. The number of hydrogen-bond acceptors (Lipinski definition) is 7. The third-order valence-electron chi connectivity index (χ3n) is 4.86. The van der Waals surface area contributed by atoms with E-state index in [1.807, 2.05) is 0 Å². The summed E-state index contributed by atoms with van der Waals surface area (Å²) in [6.45, 7) is 0.460. The van der Waals surface area contributed by atoms with Gasteiger partial charge in [-0.25, -0.2) is 0 Å². The minimum atomic E-state index is -1.01. The first-order chi connectivity index (χ1) is 12.6. The first-order valence-electron chi connectivity index (χ1n) is 8.35. The Morgan fingerprint density at radius 1 is 1.08 bits per heavy atom. The molecule has 1 aliphatic carbocycles. The highest BCUT2D eigenvalue weighted by Gasteiger charge is 2.51. The maximum atomic E-state index is 12.9. The van der Waals surface area contributed by atoms with Crippen molar-refractivity contribution < 1.29 is 33.3 Å². The van der Waals surface area contributed by atoms with E-state index in [0.29, 0.717) is 35.8 Å². The van der Waals surface area contributed by atoms with E-state index in [0.717, 1.165) is 12.0 Å². The Morgan fingerprint density at radius 2 is 1.73 bits per heavy atom. The van der Waals surface area contributed by atoms with Gasteiger partial charge in [-0.1, -0.05) is 0 Å². The molecule has 140 valence electrons. The number of hydrogen-bond donors (Lipinski definition) is 0. The Labute approximate surface area is 151 Å². The number of carbonyl (C=O) groups excluding carboxylic acids is 2. The summed E-state index contributed by atoms with van der Waals surface area (Å²) in [5, 5.41) is 0. The SMILES string of the molecule is COC(=O)[C@@H]1C(=O)C2=C(CCCO2)[C@H]1c1c(OC)cc(OC)cc1OC. The van der Waals surface area contributed by atoms with Crippen molar-refractivity contribution in [3.8, 4) is 17.2 Å². The minimum Gasteiger partial charge on any atom is -0.496 e. The molecule has 0 amide bonds. The van der Waals surface area contributed by atoms with Gasteiger partial charge in [0.1, 0.15) is 23.2 Å². The molecule has 26 heavy (non-hydrogen) atoms. The molecule has 1 aromatic carbocycles. The van der Waals surface area contributed by atoms with Crippen LogP contribution in [0, 0.1) is 5.92 Å². The predicted octanol–water partition coefficient (Wildman–Crippen LogP) is 2.23. The van der Waals surface area contributed by atoms with Gasteiger partial charge in [0.05, 0.1) is 35.0 Å². The van der Waals surface area contributed by atoms with Gasteiger partial charge in [0.15, 0.2) is 5.76 Å². The molecule has 7 nitrogen and oxygen atoms in total. The Bertz CT molecular complexity index is 740. The zero-order chi connectivity index (χ0) is 18.8. The summed E-state index contributed by atoms with van der Waals surface area (Å²) in [5.74, 6) is -0.735. The second-order valence-corrected chi connectivity index (χ2v) is 6.09. The maximum absolute atomic E-state index is 12.9. The van der Waals surface area contributed by atoms with Crippen LogP contribution >= 0.6 is 0 Å². The van der Waals surface area contributed by atoms with Crippen LogP contribution in [0.25, 0.3) is 0 Å². The number of allylic oxidation sites excluding steroid dienone is 2. The Balaban J connectivity index is 2.23. The Hall–Kier alpha value is -2.70. The van der Waals surface area contributed by atoms with Gasteiger partial charge in [-0.2, -0.15) is 0 Å². The van der Waals surface area contributed by atoms with E-state index in [4.69, 9.17) is 23.7 Å². The third kappa shape index (κ3) is 2.77. The van der Waals surface area contributed by atoms with Crippen LogP contribution in [0.15, 0.2) is 23.5 Å². The lowest BCUT2D eigenvalue weighted by Crippen LogP contribution is -2.28. The molecular formula is C19H22O7. The summed E-state index contributed by atoms with van der Waals surface area (Å²) in [7, 11) is 5.86. The van der Waals surface area contributed by atoms with Gasteiger partial charge in [0.2, 0.25) is 5.78 Å². The number of carbonyl (C=O) groups is 2. The first-order valence-corrected chi connectivity index (χ1v) is 8.35. The van der Waals surface area contributed by atoms with Crippen LogP contribution in [0.2, 0.25) is 0 Å². The van der Waals surface area contributed by atoms with E-state index in [2.05, 4.69) is 0 Å². The number of Topliss-reactive ketones (excluding diaryl/α,β-unsaturated/α-hetero) is 1. The summed E-state index contributed by atoms with van der Waals surface area (Å²) < 4.78 is 26.9. The number of ketones is 1. The lowest BCUT2D eigenvalue weighted by Gasteiger charge is -2.25. The maximum Gasteiger partial charge on any atom is 0.317 e. The van der Waals surface area contributed by atoms with E-state index < -0.39 is 17.8 Å². The van der Waals surface area contributed by atoms with Gasteiger partial charge in [-0.3, -0.25) is 9.59 Å². The van der Waals surface area contributed by atoms with Crippen LogP contribution in [0.1, 0.15) is 24.3 Å². The second kappa shape index (κ2) is 7.27. The standard InChI is InChI=1S/C19H22O7/c1-22-10-8-12(23-2)15(13(9-10)24-3)14-11-6-5-7-26-18(11)17(20)16(14)19(21)25-4/h8-9,14,16H,5-7H2,1-4H3/t14-,16-/m0/s1. The van der Waals surface area contributed by atoms with Crippen LogP contribution in [0.4, 0.5) is 0 Å². The number of ether oxygens (including phenoxy) is 5. The van der Waals surface area contributed by atoms with Crippen molar-refractivity contribution in [1.29, 1.82) is 0 Å². The van der Waals surface area contributed by atoms with Crippen molar-refractivity contribution in [2.45, 2.75) is 18.8 Å². The van der Waals surface area contributed by atoms with Crippen LogP contribution in [-0.2, 0) is 19.1 Å². The van der Waals surface area contributed by atoms with Crippen molar-refractivity contribution in [3.63, 3.8) is 0 Å². The van der Waals surface area contributed by atoms with Crippen LogP contribution in [-0.4, -0.2) is 46.8 Å². The molecule has 1 aromatic rings. The topological polar surface area (TPSA) is 80.3 Å². The lowest BCUT2D eigenvalue weighted by atomic mass is 9.81. The second-order valence-electron chi connectivity index (χ2n) is 6.09. The highest BCUT2D eigenvalue weighted by Crippen LogP contribution is 2.52. The van der Waals surface area contributed by atoms with E-state index in [-0.39, 0.29) is 11.5 Å². The Morgan fingerprint density at radius 3 is 2.27 bits per heavy atom. The van der Waals surface area contributed by atoms with Gasteiger partial charge in [-0.15, -0.1) is 0 Å². The largest absolute Gasteiger partial charge is 0.496 e. The molecule has 0 unspecified atom stereocenters. The normalized spacial score (nSPS) is 21.8. The summed E-state index contributed by atoms with van der Waals surface area (Å²) in [6, 6.07) is 3.41. The van der Waals surface area contributed by atoms with Gasteiger partial charge >= 0.3 is 5.97 Å². The molecule has 2 aliphatic rings.